The van der Waals surface area contributed by atoms with Crippen LogP contribution in [0.25, 0.3) is 0 Å². The van der Waals surface area contributed by atoms with E-state index in [1.807, 2.05) is 18.9 Å². The smallest absolute Gasteiger partial charge is 0.322 e. The zero-order chi connectivity index (χ0) is 10.6. The van der Waals surface area contributed by atoms with Gasteiger partial charge in [-0.2, -0.15) is 0 Å². The van der Waals surface area contributed by atoms with E-state index in [2.05, 4.69) is 5.32 Å². The van der Waals surface area contributed by atoms with Crippen molar-refractivity contribution in [3.8, 4) is 0 Å². The van der Waals surface area contributed by atoms with Crippen molar-refractivity contribution in [2.45, 2.75) is 31.8 Å². The fourth-order valence-corrected chi connectivity index (χ4v) is 1.77. The van der Waals surface area contributed by atoms with E-state index >= 15 is 0 Å². The molecule has 2 unspecified atom stereocenters. The average Bonchev–Trinajstić information content (AvgIpc) is 2.68. The minimum Gasteiger partial charge on any atom is -0.468 e. The number of carbonyl (C=O) groups is 1. The lowest BCUT2D eigenvalue weighted by atomic mass is 10.2. The summed E-state index contributed by atoms with van der Waals surface area (Å²) in [5.74, 6) is -0.162. The highest BCUT2D eigenvalue weighted by molar-refractivity contribution is 5.75. The molecule has 0 saturated carbocycles. The lowest BCUT2D eigenvalue weighted by molar-refractivity contribution is -0.145. The van der Waals surface area contributed by atoms with Gasteiger partial charge in [-0.1, -0.05) is 0 Å². The number of nitrogens with one attached hydrogen (secondary N) is 1. The molecule has 1 saturated heterocycles. The molecule has 0 aromatic rings. The molecule has 0 spiro atoms. The molecule has 1 fully saturated rings. The zero-order valence-electron chi connectivity index (χ0n) is 9.25. The summed E-state index contributed by atoms with van der Waals surface area (Å²) in [6, 6.07) is 0.384. The number of carbonyl (C=O) groups excluding carboxylic acids is 1. The van der Waals surface area contributed by atoms with Crippen LogP contribution in [-0.2, 0) is 9.53 Å². The number of methoxy groups -OCH3 is 1. The maximum absolute atomic E-state index is 11.2. The molecule has 0 aliphatic carbocycles. The quantitative estimate of drug-likeness (QED) is 0.660. The molecule has 0 aromatic heterocycles. The SMILES string of the molecule is COC(=O)C(C)N(C)CC1CCCN1. The van der Waals surface area contributed by atoms with Crippen molar-refractivity contribution >= 4 is 5.97 Å². The topological polar surface area (TPSA) is 41.6 Å². The van der Waals surface area contributed by atoms with Gasteiger partial charge in [0.1, 0.15) is 6.04 Å². The first-order valence-corrected chi connectivity index (χ1v) is 5.16. The van der Waals surface area contributed by atoms with E-state index < -0.39 is 0 Å². The van der Waals surface area contributed by atoms with Crippen molar-refractivity contribution < 1.29 is 9.53 Å². The maximum atomic E-state index is 11.2. The van der Waals surface area contributed by atoms with Crippen LogP contribution in [0.15, 0.2) is 0 Å². The molecular formula is C10H20N2O2. The predicted octanol–water partition coefficient (Wildman–Crippen LogP) is 0.232. The predicted molar refractivity (Wildman–Crippen MR) is 55.1 cm³/mol. The van der Waals surface area contributed by atoms with Crippen LogP contribution in [0.2, 0.25) is 0 Å². The molecule has 1 aliphatic rings. The summed E-state index contributed by atoms with van der Waals surface area (Å²) in [4.78, 5) is 13.3. The molecule has 0 aromatic carbocycles. The Labute approximate surface area is 85.6 Å². The Hall–Kier alpha value is -0.610. The van der Waals surface area contributed by atoms with Crippen molar-refractivity contribution in [3.63, 3.8) is 0 Å². The first kappa shape index (κ1) is 11.5. The second-order valence-electron chi connectivity index (χ2n) is 3.93. The Morgan fingerprint density at radius 2 is 2.43 bits per heavy atom. The minimum atomic E-state index is -0.162. The zero-order valence-corrected chi connectivity index (χ0v) is 9.25. The van der Waals surface area contributed by atoms with Gasteiger partial charge in [0.05, 0.1) is 7.11 Å². The van der Waals surface area contributed by atoms with Crippen LogP contribution < -0.4 is 5.32 Å². The Bertz CT molecular complexity index is 191. The number of ether oxygens (including phenoxy) is 1. The Morgan fingerprint density at radius 3 is 2.93 bits per heavy atom. The molecule has 2 atom stereocenters. The third kappa shape index (κ3) is 2.96. The van der Waals surface area contributed by atoms with E-state index in [0.717, 1.165) is 13.1 Å². The van der Waals surface area contributed by atoms with Crippen LogP contribution >= 0.6 is 0 Å². The highest BCUT2D eigenvalue weighted by Crippen LogP contribution is 2.08. The van der Waals surface area contributed by atoms with Crippen LogP contribution in [0, 0.1) is 0 Å². The van der Waals surface area contributed by atoms with Crippen LogP contribution in [-0.4, -0.2) is 50.2 Å². The normalized spacial score (nSPS) is 23.9. The molecule has 0 radical (unpaired) electrons. The highest BCUT2D eigenvalue weighted by atomic mass is 16.5. The Morgan fingerprint density at radius 1 is 1.71 bits per heavy atom. The standard InChI is InChI=1S/C10H20N2O2/c1-8(10(13)14-3)12(2)7-9-5-4-6-11-9/h8-9,11H,4-7H2,1-3H3. The van der Waals surface area contributed by atoms with Crippen LogP contribution in [0.5, 0.6) is 0 Å². The van der Waals surface area contributed by atoms with Crippen molar-refractivity contribution in [2.75, 3.05) is 27.2 Å². The second-order valence-corrected chi connectivity index (χ2v) is 3.93. The third-order valence-electron chi connectivity index (χ3n) is 2.87. The Kier molecular flexibility index (Phi) is 4.35. The molecular weight excluding hydrogens is 180 g/mol. The van der Waals surface area contributed by atoms with Crippen LogP contribution in [0.1, 0.15) is 19.8 Å². The first-order chi connectivity index (χ1) is 6.65. The summed E-state index contributed by atoms with van der Waals surface area (Å²) >= 11 is 0. The summed E-state index contributed by atoms with van der Waals surface area (Å²) in [6.07, 6.45) is 2.45. The van der Waals surface area contributed by atoms with E-state index in [1.54, 1.807) is 0 Å². The molecule has 0 bridgehead atoms. The summed E-state index contributed by atoms with van der Waals surface area (Å²) in [5, 5.41) is 3.41. The highest BCUT2D eigenvalue weighted by Gasteiger charge is 2.22. The van der Waals surface area contributed by atoms with Gasteiger partial charge in [0, 0.05) is 12.6 Å². The minimum absolute atomic E-state index is 0.151. The summed E-state index contributed by atoms with van der Waals surface area (Å²) in [7, 11) is 3.39. The molecule has 0 amide bonds. The van der Waals surface area contributed by atoms with Gasteiger partial charge in [0.15, 0.2) is 0 Å². The molecule has 4 heteroatoms. The van der Waals surface area contributed by atoms with Crippen molar-refractivity contribution in [3.05, 3.63) is 0 Å². The maximum Gasteiger partial charge on any atom is 0.322 e. The van der Waals surface area contributed by atoms with Gasteiger partial charge < -0.3 is 10.1 Å². The van der Waals surface area contributed by atoms with E-state index in [0.29, 0.717) is 6.04 Å². The fourth-order valence-electron chi connectivity index (χ4n) is 1.77. The molecule has 82 valence electrons. The number of hydrogen-bond donors (Lipinski definition) is 1. The lowest BCUT2D eigenvalue weighted by Gasteiger charge is -2.25. The van der Waals surface area contributed by atoms with Gasteiger partial charge in [-0.15, -0.1) is 0 Å². The molecule has 1 N–H and O–H groups in total. The van der Waals surface area contributed by atoms with Gasteiger partial charge in [-0.3, -0.25) is 9.69 Å². The lowest BCUT2D eigenvalue weighted by Crippen LogP contribution is -2.43. The largest absolute Gasteiger partial charge is 0.468 e. The van der Waals surface area contributed by atoms with Crippen LogP contribution in [0.4, 0.5) is 0 Å². The molecule has 1 rings (SSSR count). The van der Waals surface area contributed by atoms with Crippen LogP contribution in [0.3, 0.4) is 0 Å². The van der Waals surface area contributed by atoms with Gasteiger partial charge >= 0.3 is 5.97 Å². The summed E-state index contributed by atoms with van der Waals surface area (Å²) in [6.45, 7) is 3.89. The van der Waals surface area contributed by atoms with Gasteiger partial charge in [-0.25, -0.2) is 0 Å². The number of nitrogens with zero attached hydrogens (tertiary/aromatic N) is 1. The number of esters is 1. The molecule has 1 heterocycles. The van der Waals surface area contributed by atoms with Gasteiger partial charge in [-0.05, 0) is 33.4 Å². The Balaban J connectivity index is 2.32. The van der Waals surface area contributed by atoms with E-state index in [-0.39, 0.29) is 12.0 Å². The van der Waals surface area contributed by atoms with Gasteiger partial charge in [0.2, 0.25) is 0 Å². The second kappa shape index (κ2) is 5.32. The third-order valence-corrected chi connectivity index (χ3v) is 2.87. The average molecular weight is 200 g/mol. The van der Waals surface area contributed by atoms with E-state index in [9.17, 15) is 4.79 Å². The molecule has 14 heavy (non-hydrogen) atoms. The molecule has 4 nitrogen and oxygen atoms in total. The number of rotatable bonds is 4. The van der Waals surface area contributed by atoms with Crippen molar-refractivity contribution in [1.82, 2.24) is 10.2 Å². The monoisotopic (exact) mass is 200 g/mol. The molecule has 1 aliphatic heterocycles. The summed E-state index contributed by atoms with van der Waals surface area (Å²) < 4.78 is 4.70. The van der Waals surface area contributed by atoms with Crippen molar-refractivity contribution in [1.29, 1.82) is 0 Å². The number of likely N-dealkylation sites (N-methyl/N-ethyl adjacent to an activating group) is 1. The fraction of sp³-hybridized carbons (Fsp3) is 0.900. The van der Waals surface area contributed by atoms with E-state index in [4.69, 9.17) is 4.74 Å². The van der Waals surface area contributed by atoms with E-state index in [1.165, 1.54) is 20.0 Å². The first-order valence-electron chi connectivity index (χ1n) is 5.16. The number of hydrogen-bond acceptors (Lipinski definition) is 4. The summed E-state index contributed by atoms with van der Waals surface area (Å²) in [5.41, 5.74) is 0. The van der Waals surface area contributed by atoms with Gasteiger partial charge in [0.25, 0.3) is 0 Å². The van der Waals surface area contributed by atoms with Crippen molar-refractivity contribution in [2.24, 2.45) is 0 Å².